The normalized spacial score (nSPS) is 10.2. The van der Waals surface area contributed by atoms with Gasteiger partial charge in [0.2, 0.25) is 0 Å². The van der Waals surface area contributed by atoms with Crippen LogP contribution < -0.4 is 5.32 Å². The smallest absolute Gasteiger partial charge is 0.0121 e. The van der Waals surface area contributed by atoms with Gasteiger partial charge < -0.3 is 5.32 Å². The van der Waals surface area contributed by atoms with Crippen molar-refractivity contribution in [3.8, 4) is 12.3 Å². The van der Waals surface area contributed by atoms with Crippen LogP contribution in [0.5, 0.6) is 0 Å². The molecule has 0 aromatic rings. The summed E-state index contributed by atoms with van der Waals surface area (Å²) in [6.07, 6.45) is 12.4. The van der Waals surface area contributed by atoms with Gasteiger partial charge in [-0.25, -0.2) is 0 Å². The summed E-state index contributed by atoms with van der Waals surface area (Å²) in [5.41, 5.74) is 0. The summed E-state index contributed by atoms with van der Waals surface area (Å²) in [6.45, 7) is 4.24. The van der Waals surface area contributed by atoms with Crippen molar-refractivity contribution in [1.82, 2.24) is 5.32 Å². The lowest BCUT2D eigenvalue weighted by atomic mass is 10.3. The molecule has 0 rings (SSSR count). The van der Waals surface area contributed by atoms with E-state index >= 15 is 0 Å². The molecule has 0 spiro atoms. The fourth-order valence-electron chi connectivity index (χ4n) is 0.765. The highest BCUT2D eigenvalue weighted by Gasteiger charge is 1.78. The van der Waals surface area contributed by atoms with Crippen LogP contribution in [-0.4, -0.2) is 13.1 Å². The highest BCUT2D eigenvalue weighted by Crippen LogP contribution is 1.89. The number of terminal acetylenes is 1. The molecule has 0 atom stereocenters. The van der Waals surface area contributed by atoms with Gasteiger partial charge in [0.25, 0.3) is 0 Å². The minimum Gasteiger partial charge on any atom is -0.317 e. The third-order valence-electron chi connectivity index (χ3n) is 1.36. The molecule has 0 heterocycles. The van der Waals surface area contributed by atoms with E-state index in [0.717, 1.165) is 32.4 Å². The molecule has 0 unspecified atom stereocenters. The van der Waals surface area contributed by atoms with Crippen molar-refractivity contribution < 1.29 is 0 Å². The zero-order valence-corrected chi connectivity index (χ0v) is 7.27. The zero-order chi connectivity index (χ0) is 8.36. The largest absolute Gasteiger partial charge is 0.317 e. The SMILES string of the molecule is C#CCCC=CCCNCC. The minimum absolute atomic E-state index is 0.859. The van der Waals surface area contributed by atoms with Crippen molar-refractivity contribution in [2.24, 2.45) is 0 Å². The van der Waals surface area contributed by atoms with Gasteiger partial charge in [-0.05, 0) is 25.9 Å². The third-order valence-corrected chi connectivity index (χ3v) is 1.36. The summed E-state index contributed by atoms with van der Waals surface area (Å²) in [7, 11) is 0. The molecule has 0 radical (unpaired) electrons. The summed E-state index contributed by atoms with van der Waals surface area (Å²) >= 11 is 0. The molecule has 0 fully saturated rings. The van der Waals surface area contributed by atoms with Gasteiger partial charge in [0.1, 0.15) is 0 Å². The van der Waals surface area contributed by atoms with Gasteiger partial charge in [0.15, 0.2) is 0 Å². The Kier molecular flexibility index (Phi) is 8.64. The molecule has 11 heavy (non-hydrogen) atoms. The molecule has 0 aliphatic rings. The molecule has 0 amide bonds. The van der Waals surface area contributed by atoms with Crippen molar-refractivity contribution in [3.63, 3.8) is 0 Å². The summed E-state index contributed by atoms with van der Waals surface area (Å²) in [5.74, 6) is 2.60. The number of hydrogen-bond donors (Lipinski definition) is 1. The van der Waals surface area contributed by atoms with Gasteiger partial charge in [-0.3, -0.25) is 0 Å². The highest BCUT2D eigenvalue weighted by atomic mass is 14.8. The van der Waals surface area contributed by atoms with E-state index in [2.05, 4.69) is 30.3 Å². The van der Waals surface area contributed by atoms with Crippen molar-refractivity contribution in [2.75, 3.05) is 13.1 Å². The Morgan fingerprint density at radius 3 is 2.73 bits per heavy atom. The minimum atomic E-state index is 0.859. The third kappa shape index (κ3) is 9.26. The number of unbranched alkanes of at least 4 members (excludes halogenated alkanes) is 1. The number of hydrogen-bond acceptors (Lipinski definition) is 1. The van der Waals surface area contributed by atoms with E-state index in [-0.39, 0.29) is 0 Å². The van der Waals surface area contributed by atoms with Gasteiger partial charge in [0.05, 0.1) is 0 Å². The average molecular weight is 151 g/mol. The van der Waals surface area contributed by atoms with E-state index < -0.39 is 0 Å². The Labute approximate surface area is 69.9 Å². The van der Waals surface area contributed by atoms with Crippen molar-refractivity contribution in [1.29, 1.82) is 0 Å². The number of nitrogens with one attached hydrogen (secondary N) is 1. The van der Waals surface area contributed by atoms with Crippen LogP contribution >= 0.6 is 0 Å². The maximum Gasteiger partial charge on any atom is 0.0121 e. The van der Waals surface area contributed by atoms with Gasteiger partial charge in [-0.15, -0.1) is 12.3 Å². The van der Waals surface area contributed by atoms with Crippen LogP contribution in [0.15, 0.2) is 12.2 Å². The predicted octanol–water partition coefficient (Wildman–Crippen LogP) is 1.96. The first-order valence-electron chi connectivity index (χ1n) is 4.21. The molecular formula is C10H17N. The van der Waals surface area contributed by atoms with E-state index in [9.17, 15) is 0 Å². The van der Waals surface area contributed by atoms with Gasteiger partial charge >= 0.3 is 0 Å². The van der Waals surface area contributed by atoms with Gasteiger partial charge in [0, 0.05) is 6.42 Å². The first-order valence-corrected chi connectivity index (χ1v) is 4.21. The standard InChI is InChI=1S/C10H17N/c1-3-5-6-7-8-9-10-11-4-2/h1,7-8,11H,4-6,9-10H2,2H3. The fourth-order valence-corrected chi connectivity index (χ4v) is 0.765. The van der Waals surface area contributed by atoms with Crippen molar-refractivity contribution >= 4 is 0 Å². The second-order valence-electron chi connectivity index (χ2n) is 2.36. The number of allylic oxidation sites excluding steroid dienone is 1. The van der Waals surface area contributed by atoms with Crippen LogP contribution in [0.3, 0.4) is 0 Å². The first kappa shape index (κ1) is 10.3. The molecule has 0 saturated carbocycles. The van der Waals surface area contributed by atoms with Crippen LogP contribution in [0.1, 0.15) is 26.2 Å². The second kappa shape index (κ2) is 9.26. The first-order chi connectivity index (χ1) is 5.41. The summed E-state index contributed by atoms with van der Waals surface area (Å²) in [6, 6.07) is 0. The molecule has 0 aromatic heterocycles. The lowest BCUT2D eigenvalue weighted by Crippen LogP contribution is -2.12. The summed E-state index contributed by atoms with van der Waals surface area (Å²) in [5, 5.41) is 3.25. The number of rotatable bonds is 6. The maximum atomic E-state index is 5.09. The van der Waals surface area contributed by atoms with Crippen LogP contribution in [0.25, 0.3) is 0 Å². The van der Waals surface area contributed by atoms with Gasteiger partial charge in [-0.2, -0.15) is 0 Å². The lowest BCUT2D eigenvalue weighted by molar-refractivity contribution is 0.725. The van der Waals surface area contributed by atoms with E-state index in [1.54, 1.807) is 0 Å². The molecule has 1 heteroatoms. The molecule has 0 aliphatic carbocycles. The molecule has 0 aromatic carbocycles. The van der Waals surface area contributed by atoms with Gasteiger partial charge in [-0.1, -0.05) is 19.1 Å². The molecule has 62 valence electrons. The molecule has 1 nitrogen and oxygen atoms in total. The Morgan fingerprint density at radius 2 is 2.09 bits per heavy atom. The zero-order valence-electron chi connectivity index (χ0n) is 7.27. The summed E-state index contributed by atoms with van der Waals surface area (Å²) < 4.78 is 0. The second-order valence-corrected chi connectivity index (χ2v) is 2.36. The van der Waals surface area contributed by atoms with Crippen molar-refractivity contribution in [2.45, 2.75) is 26.2 Å². The van der Waals surface area contributed by atoms with Crippen molar-refractivity contribution in [3.05, 3.63) is 12.2 Å². The van der Waals surface area contributed by atoms with E-state index in [1.165, 1.54) is 0 Å². The highest BCUT2D eigenvalue weighted by molar-refractivity contribution is 4.90. The van der Waals surface area contributed by atoms with E-state index in [0.29, 0.717) is 0 Å². The molecule has 1 N–H and O–H groups in total. The molecular weight excluding hydrogens is 134 g/mol. The molecule has 0 bridgehead atoms. The fraction of sp³-hybridized carbons (Fsp3) is 0.600. The Hall–Kier alpha value is -0.740. The lowest BCUT2D eigenvalue weighted by Gasteiger charge is -1.94. The van der Waals surface area contributed by atoms with Crippen LogP contribution in [0.4, 0.5) is 0 Å². The van der Waals surface area contributed by atoms with E-state index in [1.807, 2.05) is 0 Å². The molecule has 0 aliphatic heterocycles. The topological polar surface area (TPSA) is 12.0 Å². The monoisotopic (exact) mass is 151 g/mol. The van der Waals surface area contributed by atoms with Crippen LogP contribution in [-0.2, 0) is 0 Å². The maximum absolute atomic E-state index is 5.09. The van der Waals surface area contributed by atoms with Crippen LogP contribution in [0, 0.1) is 12.3 Å². The Morgan fingerprint density at radius 1 is 1.36 bits per heavy atom. The predicted molar refractivity (Wildman–Crippen MR) is 50.4 cm³/mol. The van der Waals surface area contributed by atoms with Crippen LogP contribution in [0.2, 0.25) is 0 Å². The Balaban J connectivity index is 2.98. The quantitative estimate of drug-likeness (QED) is 0.347. The Bertz CT molecular complexity index is 130. The summed E-state index contributed by atoms with van der Waals surface area (Å²) in [4.78, 5) is 0. The average Bonchev–Trinajstić information content (AvgIpc) is 2.03. The molecule has 0 saturated heterocycles. The van der Waals surface area contributed by atoms with E-state index in [4.69, 9.17) is 6.42 Å².